The largest absolute Gasteiger partial charge is 0.461 e. The van der Waals surface area contributed by atoms with E-state index in [0.717, 1.165) is 24.8 Å². The second kappa shape index (κ2) is 15.5. The van der Waals surface area contributed by atoms with Crippen LogP contribution in [-0.2, 0) is 23.1 Å². The molecule has 0 spiro atoms. The highest BCUT2D eigenvalue weighted by Gasteiger charge is 2.50. The number of rotatable bonds is 17. The van der Waals surface area contributed by atoms with E-state index >= 15 is 0 Å². The molecule has 6 atom stereocenters. The Kier molecular flexibility index (Phi) is 14.4. The number of aliphatic hydroxyl groups is 1. The predicted octanol–water partition coefficient (Wildman–Crippen LogP) is 9.12. The van der Waals surface area contributed by atoms with Crippen LogP contribution in [0, 0.1) is 5.92 Å². The molecule has 0 aliphatic carbocycles. The molecule has 0 radical (unpaired) electrons. The van der Waals surface area contributed by atoms with Gasteiger partial charge < -0.3 is 23.4 Å². The summed E-state index contributed by atoms with van der Waals surface area (Å²) in [5, 5.41) is 11.2. The lowest BCUT2D eigenvalue weighted by Gasteiger charge is -2.42. The van der Waals surface area contributed by atoms with Crippen LogP contribution in [0.1, 0.15) is 101 Å². The van der Waals surface area contributed by atoms with Crippen molar-refractivity contribution in [1.29, 1.82) is 0 Å². The van der Waals surface area contributed by atoms with Crippen molar-refractivity contribution in [3.8, 4) is 0 Å². The second-order valence-electron chi connectivity index (χ2n) is 16.4. The average molecular weight is 639 g/mol. The van der Waals surface area contributed by atoms with Crippen molar-refractivity contribution in [2.45, 2.75) is 167 Å². The summed E-state index contributed by atoms with van der Waals surface area (Å²) in [7, 11) is -4.21. The van der Waals surface area contributed by atoms with Gasteiger partial charge in [-0.3, -0.25) is 4.79 Å². The molecule has 6 nitrogen and oxygen atoms in total. The van der Waals surface area contributed by atoms with Crippen LogP contribution in [0.2, 0.25) is 36.3 Å². The Morgan fingerprint density at radius 2 is 1.63 bits per heavy atom. The molecule has 0 aromatic heterocycles. The minimum atomic E-state index is -2.12. The molecule has 43 heavy (non-hydrogen) atoms. The van der Waals surface area contributed by atoms with Crippen LogP contribution in [-0.4, -0.2) is 64.3 Å². The lowest BCUT2D eigenvalue weighted by atomic mass is 9.89. The van der Waals surface area contributed by atoms with E-state index in [1.807, 2.05) is 6.08 Å². The molecule has 0 saturated carbocycles. The number of esters is 1. The van der Waals surface area contributed by atoms with Crippen LogP contribution in [0.5, 0.6) is 0 Å². The van der Waals surface area contributed by atoms with Crippen molar-refractivity contribution in [2.75, 3.05) is 6.61 Å². The number of hydrogen-bond acceptors (Lipinski definition) is 6. The van der Waals surface area contributed by atoms with E-state index in [1.54, 1.807) is 0 Å². The maximum absolute atomic E-state index is 11.2. The Bertz CT molecular complexity index is 960. The third-order valence-electron chi connectivity index (χ3n) is 9.87. The fourth-order valence-electron chi connectivity index (χ4n) is 5.28. The van der Waals surface area contributed by atoms with Crippen LogP contribution in [0.25, 0.3) is 0 Å². The van der Waals surface area contributed by atoms with E-state index in [4.69, 9.17) is 18.3 Å². The van der Waals surface area contributed by atoms with Gasteiger partial charge in [-0.15, -0.1) is 6.58 Å². The highest BCUT2D eigenvalue weighted by molar-refractivity contribution is 6.74. The number of allylic oxidation sites excluding steroid dienone is 2. The van der Waals surface area contributed by atoms with Crippen LogP contribution in [0.15, 0.2) is 37.0 Å². The van der Waals surface area contributed by atoms with Crippen molar-refractivity contribution in [3.05, 3.63) is 37.0 Å². The smallest absolute Gasteiger partial charge is 0.302 e. The van der Waals surface area contributed by atoms with Gasteiger partial charge in [0.15, 0.2) is 16.6 Å². The lowest BCUT2D eigenvalue weighted by Crippen LogP contribution is -2.48. The summed E-state index contributed by atoms with van der Waals surface area (Å²) >= 11 is 0. The molecule has 1 aliphatic heterocycles. The molecule has 1 aliphatic rings. The van der Waals surface area contributed by atoms with Gasteiger partial charge >= 0.3 is 5.97 Å². The van der Waals surface area contributed by atoms with E-state index in [9.17, 15) is 9.90 Å². The van der Waals surface area contributed by atoms with E-state index in [0.29, 0.717) is 24.8 Å². The SMILES string of the molecule is C=CC[C@@H](C[C@@H](C[C@@H]1O[C@@](C)(C[C@@H](O)CC(=C)COC(C)=O)C[C@@H]1O[Si](C)(C)C(C)(C)C)O[Si](C)(C)C(C)(C)C)C(=C)C. The fraction of sp³-hybridized carbons (Fsp3) is 0.800. The minimum Gasteiger partial charge on any atom is -0.461 e. The van der Waals surface area contributed by atoms with Gasteiger partial charge in [0.1, 0.15) is 6.61 Å². The van der Waals surface area contributed by atoms with E-state index in [-0.39, 0.29) is 46.9 Å². The molecule has 0 aromatic rings. The molecule has 1 N–H and O–H groups in total. The highest BCUT2D eigenvalue weighted by atomic mass is 28.4. The van der Waals surface area contributed by atoms with Gasteiger partial charge in [-0.05, 0) is 80.9 Å². The molecule has 250 valence electrons. The Labute approximate surface area is 266 Å². The van der Waals surface area contributed by atoms with Crippen molar-refractivity contribution < 1.29 is 28.2 Å². The summed E-state index contributed by atoms with van der Waals surface area (Å²) in [4.78, 5) is 11.2. The molecule has 1 rings (SSSR count). The molecule has 0 aromatic carbocycles. The molecule has 1 fully saturated rings. The Morgan fingerprint density at radius 1 is 1.07 bits per heavy atom. The predicted molar refractivity (Wildman–Crippen MR) is 185 cm³/mol. The monoisotopic (exact) mass is 638 g/mol. The maximum atomic E-state index is 11.2. The number of ether oxygens (including phenoxy) is 2. The summed E-state index contributed by atoms with van der Waals surface area (Å²) in [5.74, 6) is -0.0727. The first-order valence-electron chi connectivity index (χ1n) is 16.1. The first kappa shape index (κ1) is 40.0. The van der Waals surface area contributed by atoms with Crippen molar-refractivity contribution in [1.82, 2.24) is 0 Å². The van der Waals surface area contributed by atoms with Gasteiger partial charge in [0, 0.05) is 32.3 Å². The Morgan fingerprint density at radius 3 is 2.09 bits per heavy atom. The Balaban J connectivity index is 3.36. The molecule has 0 amide bonds. The van der Waals surface area contributed by atoms with Gasteiger partial charge in [0.25, 0.3) is 0 Å². The molecule has 1 saturated heterocycles. The molecule has 0 unspecified atom stereocenters. The number of hydrogen-bond donors (Lipinski definition) is 1. The summed E-state index contributed by atoms with van der Waals surface area (Å²) in [6, 6.07) is 0. The van der Waals surface area contributed by atoms with E-state index in [1.165, 1.54) is 6.92 Å². The van der Waals surface area contributed by atoms with Gasteiger partial charge in [0.05, 0.1) is 23.9 Å². The van der Waals surface area contributed by atoms with Crippen LogP contribution in [0.4, 0.5) is 0 Å². The third-order valence-corrected chi connectivity index (χ3v) is 18.9. The van der Waals surface area contributed by atoms with E-state index in [2.05, 4.69) is 101 Å². The summed E-state index contributed by atoms with van der Waals surface area (Å²) in [6.45, 7) is 40.8. The molecular formula is C35H66O6Si2. The van der Waals surface area contributed by atoms with Crippen LogP contribution in [0.3, 0.4) is 0 Å². The number of carbonyl (C=O) groups is 1. The maximum Gasteiger partial charge on any atom is 0.302 e. The van der Waals surface area contributed by atoms with Crippen molar-refractivity contribution in [2.24, 2.45) is 5.92 Å². The quantitative estimate of drug-likeness (QED) is 0.0973. The summed E-state index contributed by atoms with van der Waals surface area (Å²) in [6.07, 6.45) is 4.95. The minimum absolute atomic E-state index is 0.0196. The average Bonchev–Trinajstić information content (AvgIpc) is 3.08. The van der Waals surface area contributed by atoms with Crippen molar-refractivity contribution in [3.63, 3.8) is 0 Å². The second-order valence-corrected chi connectivity index (χ2v) is 25.9. The van der Waals surface area contributed by atoms with Crippen molar-refractivity contribution >= 4 is 22.6 Å². The third kappa shape index (κ3) is 12.7. The zero-order valence-corrected chi connectivity index (χ0v) is 32.0. The standard InChI is InChI=1S/C35H66O6Si2/c1-17-18-28(25(2)3)20-30(40-42(13,14)33(6,7)8)21-31-32(41-43(15,16)34(9,10)11)23-35(12,39-31)22-29(37)19-26(4)24-38-27(5)36/h17,28-32,37H,1-2,4,18-24H2,3,5-16H3/t28-,29-,30-,31-,32-,35-/m0/s1. The van der Waals surface area contributed by atoms with Crippen LogP contribution < -0.4 is 0 Å². The highest BCUT2D eigenvalue weighted by Crippen LogP contribution is 2.45. The van der Waals surface area contributed by atoms with Gasteiger partial charge in [-0.2, -0.15) is 0 Å². The molecule has 8 heteroatoms. The number of carbonyl (C=O) groups excluding carboxylic acids is 1. The summed E-state index contributed by atoms with van der Waals surface area (Å²) < 4.78 is 26.2. The first-order chi connectivity index (χ1) is 19.3. The lowest BCUT2D eigenvalue weighted by molar-refractivity contribution is -0.140. The molecule has 1 heterocycles. The number of aliphatic hydroxyl groups excluding tert-OH is 1. The zero-order chi connectivity index (χ0) is 33.6. The van der Waals surface area contributed by atoms with Gasteiger partial charge in [0.2, 0.25) is 0 Å². The molecular weight excluding hydrogens is 573 g/mol. The molecule has 0 bridgehead atoms. The summed E-state index contributed by atoms with van der Waals surface area (Å²) in [5.41, 5.74) is 1.26. The van der Waals surface area contributed by atoms with Gasteiger partial charge in [-0.25, -0.2) is 0 Å². The normalized spacial score (nSPS) is 23.9. The van der Waals surface area contributed by atoms with E-state index < -0.39 is 28.3 Å². The fourth-order valence-corrected chi connectivity index (χ4v) is 8.00. The van der Waals surface area contributed by atoms with Crippen LogP contribution >= 0.6 is 0 Å². The topological polar surface area (TPSA) is 74.2 Å². The Hall–Kier alpha value is -1.04. The first-order valence-corrected chi connectivity index (χ1v) is 21.9. The zero-order valence-electron chi connectivity index (χ0n) is 30.0. The van der Waals surface area contributed by atoms with Gasteiger partial charge in [-0.1, -0.05) is 66.3 Å².